The van der Waals surface area contributed by atoms with E-state index in [0.29, 0.717) is 18.5 Å². The van der Waals surface area contributed by atoms with E-state index in [4.69, 9.17) is 21.6 Å². The van der Waals surface area contributed by atoms with Crippen LogP contribution in [0, 0.1) is 0 Å². The zero-order valence-corrected chi connectivity index (χ0v) is 23.7. The first-order chi connectivity index (χ1) is 19.5. The number of unbranched alkanes of at least 4 members (excludes halogenated alkanes) is 1. The van der Waals surface area contributed by atoms with Crippen LogP contribution in [0.1, 0.15) is 48.9 Å². The monoisotopic (exact) mass is 593 g/mol. The Morgan fingerprint density at radius 1 is 1.12 bits per heavy atom. The molecule has 15 nitrogen and oxygen atoms in total. The quantitative estimate of drug-likeness (QED) is 0.0330. The zero-order chi connectivity index (χ0) is 30.3. The molecule has 2 rings (SSSR count). The number of hydrogen-bond acceptors (Lipinski definition) is 10. The molecule has 2 amide bonds. The number of amides is 2. The van der Waals surface area contributed by atoms with Crippen LogP contribution in [0.5, 0.6) is 0 Å². The predicted octanol–water partition coefficient (Wildman–Crippen LogP) is -1.33. The van der Waals surface area contributed by atoms with Crippen LogP contribution in [0.3, 0.4) is 0 Å². The normalized spacial score (nSPS) is 13.5. The van der Waals surface area contributed by atoms with Gasteiger partial charge in [-0.3, -0.25) is 19.4 Å². The molecule has 1 aromatic heterocycles. The highest BCUT2D eigenvalue weighted by Crippen LogP contribution is 2.08. The highest BCUT2D eigenvalue weighted by atomic mass is 32.2. The number of aliphatic imine (C=N–C) groups is 1. The smallest absolute Gasteiger partial charge is 0.265 e. The minimum Gasteiger partial charge on any atom is -0.442 e. The van der Waals surface area contributed by atoms with Gasteiger partial charge in [0, 0.05) is 6.54 Å². The van der Waals surface area contributed by atoms with Crippen LogP contribution in [-0.2, 0) is 25.4 Å². The summed E-state index contributed by atoms with van der Waals surface area (Å²) in [6.45, 7) is 2.09. The molecule has 1 unspecified atom stereocenters. The van der Waals surface area contributed by atoms with Crippen molar-refractivity contribution < 1.29 is 27.2 Å². The summed E-state index contributed by atoms with van der Waals surface area (Å²) >= 11 is 0. The highest BCUT2D eigenvalue weighted by molar-refractivity contribution is 7.88. The Hall–Kier alpha value is -3.86. The molecule has 0 aliphatic heterocycles. The number of nitrogens with zero attached hydrogens (tertiary/aromatic N) is 2. The molecular weight excluding hydrogens is 554 g/mol. The van der Waals surface area contributed by atoms with Crippen molar-refractivity contribution >= 4 is 33.6 Å². The number of nitrogens with two attached hydrogens (primary N) is 3. The van der Waals surface area contributed by atoms with Gasteiger partial charge in [-0.1, -0.05) is 43.7 Å². The number of carbonyl (C=O) groups excluding carboxylic acids is 3. The van der Waals surface area contributed by atoms with E-state index in [1.165, 1.54) is 12.5 Å². The first-order valence-electron chi connectivity index (χ1n) is 13.1. The third-order valence-corrected chi connectivity index (χ3v) is 7.05. The SMILES string of the molecule is CCCCNC(N)[C@@H](NS(=O)(=O)Cc1ccccc1)C(=O)NCC(=O)N[C@@H](CCCN=C(N)N)C(=O)c1ncco1. The second-order valence-corrected chi connectivity index (χ2v) is 10.9. The van der Waals surface area contributed by atoms with Crippen molar-refractivity contribution in [2.24, 2.45) is 22.2 Å². The molecule has 226 valence electrons. The van der Waals surface area contributed by atoms with Gasteiger partial charge in [0.25, 0.3) is 5.89 Å². The van der Waals surface area contributed by atoms with Crippen molar-refractivity contribution in [3.63, 3.8) is 0 Å². The van der Waals surface area contributed by atoms with Gasteiger partial charge >= 0.3 is 0 Å². The van der Waals surface area contributed by atoms with Gasteiger partial charge in [-0.15, -0.1) is 0 Å². The molecule has 0 aliphatic rings. The lowest BCUT2D eigenvalue weighted by Crippen LogP contribution is -2.62. The van der Waals surface area contributed by atoms with E-state index in [2.05, 4.69) is 30.6 Å². The van der Waals surface area contributed by atoms with Crippen LogP contribution in [0.15, 0.2) is 52.2 Å². The summed E-state index contributed by atoms with van der Waals surface area (Å²) in [5.41, 5.74) is 17.3. The lowest BCUT2D eigenvalue weighted by molar-refractivity contribution is -0.127. The van der Waals surface area contributed by atoms with Gasteiger partial charge in [-0.2, -0.15) is 4.72 Å². The van der Waals surface area contributed by atoms with Gasteiger partial charge in [0.2, 0.25) is 27.6 Å². The molecule has 0 spiro atoms. The fraction of sp³-hybridized carbons (Fsp3) is 0.480. The number of rotatable bonds is 19. The molecule has 0 saturated heterocycles. The van der Waals surface area contributed by atoms with Crippen LogP contribution in [-0.4, -0.2) is 74.8 Å². The Labute approximate surface area is 239 Å². The van der Waals surface area contributed by atoms with E-state index in [-0.39, 0.29) is 30.6 Å². The number of hydrogen-bond donors (Lipinski definition) is 7. The Bertz CT molecular complexity index is 1240. The molecule has 2 aromatic rings. The number of carbonyl (C=O) groups is 3. The second kappa shape index (κ2) is 17.1. The molecule has 0 bridgehead atoms. The maximum absolute atomic E-state index is 13.1. The van der Waals surface area contributed by atoms with Crippen LogP contribution < -0.4 is 37.9 Å². The lowest BCUT2D eigenvalue weighted by Gasteiger charge is -2.25. The first kappa shape index (κ1) is 33.3. The van der Waals surface area contributed by atoms with E-state index < -0.39 is 52.4 Å². The summed E-state index contributed by atoms with van der Waals surface area (Å²) in [5, 5.41) is 7.88. The maximum Gasteiger partial charge on any atom is 0.265 e. The average molecular weight is 594 g/mol. The largest absolute Gasteiger partial charge is 0.442 e. The lowest BCUT2D eigenvalue weighted by atomic mass is 10.1. The van der Waals surface area contributed by atoms with E-state index in [1.807, 2.05) is 6.92 Å². The topological polar surface area (TPSA) is 250 Å². The van der Waals surface area contributed by atoms with Gasteiger partial charge in [-0.25, -0.2) is 13.4 Å². The van der Waals surface area contributed by atoms with Gasteiger partial charge in [0.1, 0.15) is 12.3 Å². The Kier molecular flexibility index (Phi) is 13.9. The van der Waals surface area contributed by atoms with Crippen molar-refractivity contribution in [3.8, 4) is 0 Å². The molecule has 0 aliphatic carbocycles. The number of guanidine groups is 1. The number of sulfonamides is 1. The second-order valence-electron chi connectivity index (χ2n) is 9.16. The summed E-state index contributed by atoms with van der Waals surface area (Å²) in [5.74, 6) is -2.78. The number of benzene rings is 1. The number of Topliss-reactive ketones (excluding diaryl/α,β-unsaturated/α-hetero) is 1. The Morgan fingerprint density at radius 2 is 1.85 bits per heavy atom. The summed E-state index contributed by atoms with van der Waals surface area (Å²) in [6, 6.07) is 5.99. The number of nitrogens with one attached hydrogen (secondary N) is 4. The number of ketones is 1. The Balaban J connectivity index is 2.06. The molecule has 0 radical (unpaired) electrons. The van der Waals surface area contributed by atoms with Gasteiger partial charge in [0.05, 0.1) is 30.7 Å². The third kappa shape index (κ3) is 12.5. The average Bonchev–Trinajstić information content (AvgIpc) is 3.47. The highest BCUT2D eigenvalue weighted by Gasteiger charge is 2.31. The summed E-state index contributed by atoms with van der Waals surface area (Å²) in [4.78, 5) is 46.3. The van der Waals surface area contributed by atoms with Gasteiger partial charge in [0.15, 0.2) is 5.96 Å². The van der Waals surface area contributed by atoms with E-state index in [1.54, 1.807) is 30.3 Å². The molecule has 41 heavy (non-hydrogen) atoms. The fourth-order valence-electron chi connectivity index (χ4n) is 3.67. The minimum atomic E-state index is -3.99. The minimum absolute atomic E-state index is 0.108. The first-order valence-corrected chi connectivity index (χ1v) is 14.8. The molecule has 1 heterocycles. The molecule has 3 atom stereocenters. The number of aromatic nitrogens is 1. The summed E-state index contributed by atoms with van der Waals surface area (Å²) < 4.78 is 33.1. The van der Waals surface area contributed by atoms with E-state index in [0.717, 1.165) is 12.8 Å². The molecule has 10 N–H and O–H groups in total. The van der Waals surface area contributed by atoms with Crippen molar-refractivity contribution in [1.29, 1.82) is 0 Å². The van der Waals surface area contributed by atoms with Crippen molar-refractivity contribution in [3.05, 3.63) is 54.2 Å². The van der Waals surface area contributed by atoms with Crippen LogP contribution in [0.4, 0.5) is 0 Å². The van der Waals surface area contributed by atoms with Crippen LogP contribution in [0.25, 0.3) is 0 Å². The van der Waals surface area contributed by atoms with Crippen LogP contribution in [0.2, 0.25) is 0 Å². The third-order valence-electron chi connectivity index (χ3n) is 5.72. The van der Waals surface area contributed by atoms with Gasteiger partial charge < -0.3 is 37.6 Å². The summed E-state index contributed by atoms with van der Waals surface area (Å²) in [7, 11) is -3.99. The number of oxazole rings is 1. The fourth-order valence-corrected chi connectivity index (χ4v) is 5.03. The molecule has 0 fully saturated rings. The molecule has 0 saturated carbocycles. The van der Waals surface area contributed by atoms with Crippen molar-refractivity contribution in [2.75, 3.05) is 19.6 Å². The maximum atomic E-state index is 13.1. The van der Waals surface area contributed by atoms with E-state index >= 15 is 0 Å². The Morgan fingerprint density at radius 3 is 2.49 bits per heavy atom. The van der Waals surface area contributed by atoms with Crippen molar-refractivity contribution in [2.45, 2.75) is 56.6 Å². The summed E-state index contributed by atoms with van der Waals surface area (Å²) in [6.07, 6.45) is 3.56. The van der Waals surface area contributed by atoms with Crippen LogP contribution >= 0.6 is 0 Å². The molecular formula is C25H39N9O6S. The zero-order valence-electron chi connectivity index (χ0n) is 22.9. The molecule has 1 aromatic carbocycles. The van der Waals surface area contributed by atoms with Crippen molar-refractivity contribution in [1.82, 2.24) is 25.7 Å². The van der Waals surface area contributed by atoms with E-state index in [9.17, 15) is 22.8 Å². The standard InChI is InChI=1S/C25H39N9O6S/c1-2-3-11-29-22(26)20(34-41(38,39)16-17-8-5-4-6-9-17)23(37)32-15-19(35)33-18(10-7-12-31-25(27)28)21(36)24-30-13-14-40-24/h4-6,8-9,13-14,18,20,22,29,34H,2-3,7,10-12,15-16,26H2,1H3,(H,32,37)(H,33,35)(H4,27,28,31)/t18-,20+,22?/m0/s1. The van der Waals surface area contributed by atoms with Gasteiger partial charge in [-0.05, 0) is 31.4 Å². The molecule has 16 heteroatoms. The predicted molar refractivity (Wildman–Crippen MR) is 153 cm³/mol.